The summed E-state index contributed by atoms with van der Waals surface area (Å²) in [7, 11) is 0. The summed E-state index contributed by atoms with van der Waals surface area (Å²) >= 11 is 0. The molecule has 0 saturated carbocycles. The van der Waals surface area contributed by atoms with Crippen LogP contribution in [0.15, 0.2) is 0 Å². The van der Waals surface area contributed by atoms with Gasteiger partial charge in [0, 0.05) is 0 Å². The smallest absolute Gasteiger partial charge is 0.0385 e. The fourth-order valence-electron chi connectivity index (χ4n) is 1.65. The fraction of sp³-hybridized carbons (Fsp3) is 0.286. The molecular formula is C14H13-. The van der Waals surface area contributed by atoms with Crippen LogP contribution in [0.25, 0.3) is 0 Å². The summed E-state index contributed by atoms with van der Waals surface area (Å²) in [5, 5.41) is 0. The van der Waals surface area contributed by atoms with Crippen LogP contribution in [0.3, 0.4) is 0 Å². The number of hydrogen-bond donors (Lipinski definition) is 0. The first-order chi connectivity index (χ1) is 6.54. The van der Waals surface area contributed by atoms with Crippen molar-refractivity contribution in [2.45, 2.75) is 27.7 Å². The maximum absolute atomic E-state index is 7.25. The van der Waals surface area contributed by atoms with Crippen molar-refractivity contribution in [1.82, 2.24) is 0 Å². The highest BCUT2D eigenvalue weighted by molar-refractivity contribution is 5.60. The average molecular weight is 181 g/mol. The number of terminal acetylenes is 1. The van der Waals surface area contributed by atoms with Crippen molar-refractivity contribution in [2.24, 2.45) is 0 Å². The van der Waals surface area contributed by atoms with Crippen molar-refractivity contribution in [3.8, 4) is 18.3 Å². The van der Waals surface area contributed by atoms with E-state index in [4.69, 9.17) is 12.8 Å². The Morgan fingerprint density at radius 1 is 0.857 bits per heavy atom. The normalized spacial score (nSPS) is 9.29. The lowest BCUT2D eigenvalue weighted by Gasteiger charge is -2.20. The molecule has 0 atom stereocenters. The first-order valence-electron chi connectivity index (χ1n) is 4.54. The lowest BCUT2D eigenvalue weighted by molar-refractivity contribution is 1.19. The van der Waals surface area contributed by atoms with Gasteiger partial charge in [0.15, 0.2) is 0 Å². The minimum absolute atomic E-state index is 0.758. The van der Waals surface area contributed by atoms with Crippen LogP contribution in [-0.2, 0) is 0 Å². The molecule has 1 rings (SSSR count). The molecule has 0 heteroatoms. The molecule has 0 aliphatic heterocycles. The van der Waals surface area contributed by atoms with Gasteiger partial charge in [-0.25, -0.2) is 0 Å². The quantitative estimate of drug-likeness (QED) is 0.426. The van der Waals surface area contributed by atoms with Gasteiger partial charge in [-0.05, 0) is 37.5 Å². The molecule has 0 aromatic heterocycles. The molecule has 0 radical (unpaired) electrons. The Kier molecular flexibility index (Phi) is 2.68. The van der Waals surface area contributed by atoms with Crippen LogP contribution in [-0.4, -0.2) is 0 Å². The van der Waals surface area contributed by atoms with E-state index in [1.165, 1.54) is 11.1 Å². The lowest BCUT2D eigenvalue weighted by atomic mass is 9.89. The summed E-state index contributed by atoms with van der Waals surface area (Å²) in [6, 6.07) is 0. The van der Waals surface area contributed by atoms with Crippen molar-refractivity contribution >= 4 is 0 Å². The molecule has 0 heterocycles. The summed E-state index contributed by atoms with van der Waals surface area (Å²) in [5.74, 6) is 5.07. The molecule has 70 valence electrons. The highest BCUT2D eigenvalue weighted by atomic mass is 14.1. The molecule has 1 aromatic carbocycles. The number of hydrogen-bond acceptors (Lipinski definition) is 0. The Morgan fingerprint density at radius 3 is 1.64 bits per heavy atom. The first-order valence-corrected chi connectivity index (χ1v) is 4.54. The molecular weight excluding hydrogens is 168 g/mol. The van der Waals surface area contributed by atoms with Gasteiger partial charge in [0.1, 0.15) is 0 Å². The molecule has 0 unspecified atom stereocenters. The Bertz CT molecular complexity index is 418. The minimum atomic E-state index is 0.758. The molecule has 0 aliphatic rings. The van der Waals surface area contributed by atoms with Gasteiger partial charge in [0.2, 0.25) is 0 Å². The summed E-state index contributed by atoms with van der Waals surface area (Å²) < 4.78 is 0. The van der Waals surface area contributed by atoms with Crippen LogP contribution in [0.1, 0.15) is 33.4 Å². The van der Waals surface area contributed by atoms with Crippen molar-refractivity contribution in [3.05, 3.63) is 39.8 Å². The Balaban J connectivity index is 3.79. The molecule has 0 spiro atoms. The van der Waals surface area contributed by atoms with Gasteiger partial charge in [-0.1, -0.05) is 18.4 Å². The minimum Gasteiger partial charge on any atom is -0.366 e. The number of rotatable bonds is 0. The molecule has 0 nitrogen and oxygen atoms in total. The van der Waals surface area contributed by atoms with Crippen LogP contribution >= 0.6 is 0 Å². The van der Waals surface area contributed by atoms with E-state index in [1.807, 2.05) is 13.8 Å². The van der Waals surface area contributed by atoms with Crippen LogP contribution < -0.4 is 0 Å². The zero-order valence-electron chi connectivity index (χ0n) is 9.08. The summed E-state index contributed by atoms with van der Waals surface area (Å²) in [4.78, 5) is 0. The summed E-state index contributed by atoms with van der Waals surface area (Å²) in [6.07, 6.45) is 12.7. The molecule has 0 fully saturated rings. The predicted octanol–water partition coefficient (Wildman–Crippen LogP) is 2.84. The molecule has 1 aromatic rings. The van der Waals surface area contributed by atoms with Gasteiger partial charge in [-0.15, -0.1) is 17.6 Å². The Hall–Kier alpha value is -1.66. The van der Waals surface area contributed by atoms with Crippen LogP contribution in [0, 0.1) is 52.4 Å². The largest absolute Gasteiger partial charge is 0.366 e. The van der Waals surface area contributed by atoms with Crippen LogP contribution in [0.5, 0.6) is 0 Å². The van der Waals surface area contributed by atoms with Crippen LogP contribution in [0.4, 0.5) is 0 Å². The van der Waals surface area contributed by atoms with Crippen molar-refractivity contribution in [1.29, 1.82) is 0 Å². The van der Waals surface area contributed by atoms with E-state index in [2.05, 4.69) is 25.7 Å². The summed E-state index contributed by atoms with van der Waals surface area (Å²) in [6.45, 7) is 8.10. The monoisotopic (exact) mass is 181 g/mol. The molecule has 0 amide bonds. The molecule has 0 N–H and O–H groups in total. The highest BCUT2D eigenvalue weighted by Crippen LogP contribution is 2.25. The molecule has 14 heavy (non-hydrogen) atoms. The second-order valence-corrected chi connectivity index (χ2v) is 3.52. The van der Waals surface area contributed by atoms with E-state index in [-0.39, 0.29) is 0 Å². The van der Waals surface area contributed by atoms with E-state index in [0.717, 1.165) is 22.3 Å². The van der Waals surface area contributed by atoms with E-state index < -0.39 is 0 Å². The lowest BCUT2D eigenvalue weighted by Crippen LogP contribution is -2.00. The fourth-order valence-corrected chi connectivity index (χ4v) is 1.65. The van der Waals surface area contributed by atoms with E-state index in [9.17, 15) is 0 Å². The topological polar surface area (TPSA) is 0 Å². The molecule has 0 aliphatic carbocycles. The van der Waals surface area contributed by atoms with Gasteiger partial charge in [-0.2, -0.15) is 0 Å². The number of benzene rings is 1. The highest BCUT2D eigenvalue weighted by Gasteiger charge is 2.05. The third-order valence-electron chi connectivity index (χ3n) is 2.96. The molecule has 0 saturated heterocycles. The van der Waals surface area contributed by atoms with Crippen molar-refractivity contribution < 1.29 is 0 Å². The third kappa shape index (κ3) is 1.30. The zero-order chi connectivity index (χ0) is 10.9. The third-order valence-corrected chi connectivity index (χ3v) is 2.96. The average Bonchev–Trinajstić information content (AvgIpc) is 2.20. The standard InChI is InChI=1S/C14H13/c1-7-13-11(5)9(3)10(4)12(6)14(13)8-2/h1H,3-6H3/q-1. The van der Waals surface area contributed by atoms with Gasteiger partial charge in [0.25, 0.3) is 0 Å². The van der Waals surface area contributed by atoms with Crippen molar-refractivity contribution in [2.75, 3.05) is 0 Å². The maximum Gasteiger partial charge on any atom is -0.0385 e. The van der Waals surface area contributed by atoms with Gasteiger partial charge >= 0.3 is 0 Å². The van der Waals surface area contributed by atoms with Gasteiger partial charge < -0.3 is 6.42 Å². The Labute approximate surface area is 86.3 Å². The maximum atomic E-state index is 7.25. The van der Waals surface area contributed by atoms with Crippen molar-refractivity contribution in [3.63, 3.8) is 0 Å². The SMILES string of the molecule is [C-]#Cc1c(C)c(C)c(C)c(C)c1C#C. The van der Waals surface area contributed by atoms with Gasteiger partial charge in [-0.3, -0.25) is 5.92 Å². The van der Waals surface area contributed by atoms with E-state index in [0.29, 0.717) is 0 Å². The van der Waals surface area contributed by atoms with Gasteiger partial charge in [0.05, 0.1) is 0 Å². The summed E-state index contributed by atoms with van der Waals surface area (Å²) in [5.41, 5.74) is 6.14. The second kappa shape index (κ2) is 3.60. The van der Waals surface area contributed by atoms with Crippen LogP contribution in [0.2, 0.25) is 0 Å². The second-order valence-electron chi connectivity index (χ2n) is 3.52. The zero-order valence-corrected chi connectivity index (χ0v) is 9.08. The van der Waals surface area contributed by atoms with E-state index in [1.54, 1.807) is 0 Å². The molecule has 0 bridgehead atoms. The van der Waals surface area contributed by atoms with E-state index >= 15 is 0 Å². The first kappa shape index (κ1) is 10.4. The Morgan fingerprint density at radius 2 is 1.29 bits per heavy atom. The predicted molar refractivity (Wildman–Crippen MR) is 59.6 cm³/mol.